The van der Waals surface area contributed by atoms with Crippen LogP contribution in [0.25, 0.3) is 0 Å². The SMILES string of the molecule is O=S(=O)(c1ccccc1)c1ccccc1.[Na].[Na]. The third kappa shape index (κ3) is 4.21. The molecule has 0 amide bonds. The van der Waals surface area contributed by atoms with E-state index >= 15 is 0 Å². The van der Waals surface area contributed by atoms with Gasteiger partial charge in [-0.2, -0.15) is 0 Å². The standard InChI is InChI=1S/C12H10O2S.2Na/c13-15(14,11-7-3-1-4-8-11)12-9-5-2-6-10-12;;/h1-10H;;. The van der Waals surface area contributed by atoms with E-state index < -0.39 is 9.84 Å². The smallest absolute Gasteiger partial charge is 0.206 e. The predicted molar refractivity (Wildman–Crippen MR) is 69.8 cm³/mol. The van der Waals surface area contributed by atoms with E-state index in [-0.39, 0.29) is 59.1 Å². The molecule has 2 aromatic carbocycles. The van der Waals surface area contributed by atoms with Crippen LogP contribution in [0.3, 0.4) is 0 Å². The molecule has 2 nitrogen and oxygen atoms in total. The maximum atomic E-state index is 12.0. The van der Waals surface area contributed by atoms with Crippen molar-refractivity contribution in [1.82, 2.24) is 0 Å². The molecular weight excluding hydrogens is 254 g/mol. The Labute approximate surface area is 146 Å². The average molecular weight is 264 g/mol. The second-order valence-corrected chi connectivity index (χ2v) is 5.08. The molecule has 2 rings (SSSR count). The molecule has 0 saturated heterocycles. The van der Waals surface area contributed by atoms with Gasteiger partial charge in [-0.15, -0.1) is 0 Å². The van der Waals surface area contributed by atoms with Crippen molar-refractivity contribution in [3.05, 3.63) is 60.7 Å². The second kappa shape index (κ2) is 7.74. The molecule has 0 heterocycles. The molecule has 2 aromatic rings. The molecule has 0 aliphatic rings. The zero-order valence-corrected chi connectivity index (χ0v) is 14.8. The summed E-state index contributed by atoms with van der Waals surface area (Å²) in [5, 5.41) is 0. The van der Waals surface area contributed by atoms with Crippen LogP contribution in [0, 0.1) is 0 Å². The summed E-state index contributed by atoms with van der Waals surface area (Å²) in [6.07, 6.45) is 0. The second-order valence-electron chi connectivity index (χ2n) is 3.13. The van der Waals surface area contributed by atoms with Gasteiger partial charge in [0.05, 0.1) is 9.79 Å². The summed E-state index contributed by atoms with van der Waals surface area (Å²) in [6.45, 7) is 0. The molecule has 78 valence electrons. The molecule has 0 aliphatic carbocycles. The van der Waals surface area contributed by atoms with Crippen molar-refractivity contribution >= 4 is 69.0 Å². The Morgan fingerprint density at radius 2 is 0.882 bits per heavy atom. The van der Waals surface area contributed by atoms with Crippen LogP contribution >= 0.6 is 0 Å². The Balaban J connectivity index is 0.00000128. The molecular formula is C12H10Na2O2S. The molecule has 0 aromatic heterocycles. The summed E-state index contributed by atoms with van der Waals surface area (Å²) in [7, 11) is -3.34. The molecule has 0 spiro atoms. The van der Waals surface area contributed by atoms with Gasteiger partial charge < -0.3 is 0 Å². The van der Waals surface area contributed by atoms with Gasteiger partial charge in [-0.25, -0.2) is 8.42 Å². The molecule has 0 atom stereocenters. The molecule has 5 heteroatoms. The van der Waals surface area contributed by atoms with E-state index in [0.29, 0.717) is 9.79 Å². The van der Waals surface area contributed by atoms with Crippen molar-refractivity contribution in [1.29, 1.82) is 0 Å². The molecule has 2 radical (unpaired) electrons. The topological polar surface area (TPSA) is 34.1 Å². The minimum Gasteiger partial charge on any atom is -0.219 e. The van der Waals surface area contributed by atoms with Crippen molar-refractivity contribution in [2.45, 2.75) is 9.79 Å². The summed E-state index contributed by atoms with van der Waals surface area (Å²) in [5.74, 6) is 0. The Morgan fingerprint density at radius 3 is 1.18 bits per heavy atom. The van der Waals surface area contributed by atoms with Crippen molar-refractivity contribution in [3.63, 3.8) is 0 Å². The summed E-state index contributed by atoms with van der Waals surface area (Å²) in [5.41, 5.74) is 0. The van der Waals surface area contributed by atoms with Crippen LogP contribution in [-0.4, -0.2) is 67.5 Å². The Hall–Kier alpha value is 0.390. The van der Waals surface area contributed by atoms with Crippen LogP contribution in [0.2, 0.25) is 0 Å². The zero-order chi connectivity index (χ0) is 10.7. The first-order valence-corrected chi connectivity index (χ1v) is 6.05. The number of sulfone groups is 1. The Morgan fingerprint density at radius 1 is 0.588 bits per heavy atom. The van der Waals surface area contributed by atoms with Gasteiger partial charge in [0.25, 0.3) is 0 Å². The summed E-state index contributed by atoms with van der Waals surface area (Å²) >= 11 is 0. The number of hydrogen-bond acceptors (Lipinski definition) is 2. The Bertz CT molecular complexity index is 494. The fraction of sp³-hybridized carbons (Fsp3) is 0. The van der Waals surface area contributed by atoms with Crippen LogP contribution < -0.4 is 0 Å². The van der Waals surface area contributed by atoms with Crippen LogP contribution in [-0.2, 0) is 9.84 Å². The zero-order valence-electron chi connectivity index (χ0n) is 10.00. The van der Waals surface area contributed by atoms with E-state index in [2.05, 4.69) is 0 Å². The van der Waals surface area contributed by atoms with Crippen molar-refractivity contribution < 1.29 is 8.42 Å². The van der Waals surface area contributed by atoms with Crippen LogP contribution in [0.4, 0.5) is 0 Å². The molecule has 17 heavy (non-hydrogen) atoms. The van der Waals surface area contributed by atoms with Gasteiger partial charge in [0.15, 0.2) is 0 Å². The molecule has 0 fully saturated rings. The van der Waals surface area contributed by atoms with Crippen LogP contribution in [0.1, 0.15) is 0 Å². The van der Waals surface area contributed by atoms with Crippen molar-refractivity contribution in [2.75, 3.05) is 0 Å². The van der Waals surface area contributed by atoms with Gasteiger partial charge in [-0.05, 0) is 24.3 Å². The summed E-state index contributed by atoms with van der Waals surface area (Å²) in [6, 6.07) is 16.9. The third-order valence-corrected chi connectivity index (χ3v) is 3.89. The molecule has 0 N–H and O–H groups in total. The quantitative estimate of drug-likeness (QED) is 0.774. The average Bonchev–Trinajstić information content (AvgIpc) is 2.31. The van der Waals surface area contributed by atoms with E-state index in [9.17, 15) is 8.42 Å². The van der Waals surface area contributed by atoms with Gasteiger partial charge in [-0.3, -0.25) is 0 Å². The molecule has 0 aliphatic heterocycles. The van der Waals surface area contributed by atoms with E-state index in [4.69, 9.17) is 0 Å². The monoisotopic (exact) mass is 264 g/mol. The number of benzene rings is 2. The van der Waals surface area contributed by atoms with Crippen molar-refractivity contribution in [2.24, 2.45) is 0 Å². The molecule has 0 unspecified atom stereocenters. The van der Waals surface area contributed by atoms with Gasteiger partial charge in [0.1, 0.15) is 0 Å². The summed E-state index contributed by atoms with van der Waals surface area (Å²) in [4.78, 5) is 0.660. The largest absolute Gasteiger partial charge is 0.219 e. The fourth-order valence-electron chi connectivity index (χ4n) is 1.34. The fourth-order valence-corrected chi connectivity index (χ4v) is 2.64. The first-order chi connectivity index (χ1) is 7.21. The van der Waals surface area contributed by atoms with Crippen molar-refractivity contribution in [3.8, 4) is 0 Å². The van der Waals surface area contributed by atoms with Gasteiger partial charge in [-0.1, -0.05) is 36.4 Å². The third-order valence-electron chi connectivity index (χ3n) is 2.11. The van der Waals surface area contributed by atoms with E-state index in [0.717, 1.165) is 0 Å². The predicted octanol–water partition coefficient (Wildman–Crippen LogP) is 1.76. The Kier molecular flexibility index (Phi) is 7.92. The first-order valence-electron chi connectivity index (χ1n) is 4.56. The first kappa shape index (κ1) is 17.4. The van der Waals surface area contributed by atoms with E-state index in [1.165, 1.54) is 0 Å². The summed E-state index contributed by atoms with van der Waals surface area (Å²) < 4.78 is 24.1. The number of hydrogen-bond donors (Lipinski definition) is 0. The van der Waals surface area contributed by atoms with Crippen LogP contribution in [0.15, 0.2) is 70.5 Å². The number of rotatable bonds is 2. The minimum atomic E-state index is -3.34. The van der Waals surface area contributed by atoms with Gasteiger partial charge in [0, 0.05) is 59.1 Å². The molecule has 0 bridgehead atoms. The van der Waals surface area contributed by atoms with Crippen LogP contribution in [0.5, 0.6) is 0 Å². The van der Waals surface area contributed by atoms with Gasteiger partial charge in [0.2, 0.25) is 9.84 Å². The maximum absolute atomic E-state index is 12.0. The van der Waals surface area contributed by atoms with E-state index in [1.807, 2.05) is 0 Å². The normalized spacial score (nSPS) is 9.88. The van der Waals surface area contributed by atoms with E-state index in [1.54, 1.807) is 60.7 Å². The van der Waals surface area contributed by atoms with Gasteiger partial charge >= 0.3 is 0 Å². The molecule has 0 saturated carbocycles. The maximum Gasteiger partial charge on any atom is 0.206 e. The minimum absolute atomic E-state index is 0.